The summed E-state index contributed by atoms with van der Waals surface area (Å²) in [5, 5.41) is 9.07. The standard InChI is InChI=1S/C24H27NO2S/c1-4-6-7-9-21(8-5-2)24(22-14-12-20(18-25)13-15-22)28(26,27)23-16-10-19(3)11-17-23/h5,10-17H,2,4,6-9H2,1,3H3/b24-21-. The summed E-state index contributed by atoms with van der Waals surface area (Å²) < 4.78 is 27.2. The van der Waals surface area contributed by atoms with Gasteiger partial charge >= 0.3 is 0 Å². The highest BCUT2D eigenvalue weighted by molar-refractivity contribution is 8.00. The van der Waals surface area contributed by atoms with Crippen molar-refractivity contribution in [1.29, 1.82) is 5.26 Å². The third-order valence-electron chi connectivity index (χ3n) is 4.67. The molecule has 0 aliphatic carbocycles. The minimum atomic E-state index is -3.70. The van der Waals surface area contributed by atoms with Crippen LogP contribution in [0.1, 0.15) is 55.7 Å². The molecular weight excluding hydrogens is 366 g/mol. The highest BCUT2D eigenvalue weighted by Gasteiger charge is 2.25. The number of benzene rings is 2. The Bertz CT molecular complexity index is 976. The number of unbranched alkanes of at least 4 members (excludes halogenated alkanes) is 2. The van der Waals surface area contributed by atoms with Gasteiger partial charge in [-0.1, -0.05) is 55.7 Å². The van der Waals surface area contributed by atoms with E-state index in [2.05, 4.69) is 19.6 Å². The second kappa shape index (κ2) is 10.1. The van der Waals surface area contributed by atoms with Gasteiger partial charge in [0.1, 0.15) is 0 Å². The lowest BCUT2D eigenvalue weighted by Gasteiger charge is -2.16. The highest BCUT2D eigenvalue weighted by Crippen LogP contribution is 2.34. The molecule has 2 rings (SSSR count). The van der Waals surface area contributed by atoms with Crippen LogP contribution in [0.15, 0.2) is 71.7 Å². The van der Waals surface area contributed by atoms with Crippen molar-refractivity contribution < 1.29 is 8.42 Å². The van der Waals surface area contributed by atoms with E-state index in [-0.39, 0.29) is 4.90 Å². The first-order valence-corrected chi connectivity index (χ1v) is 11.1. The van der Waals surface area contributed by atoms with Crippen LogP contribution in [-0.4, -0.2) is 8.42 Å². The molecule has 0 fully saturated rings. The van der Waals surface area contributed by atoms with E-state index in [1.165, 1.54) is 0 Å². The van der Waals surface area contributed by atoms with Gasteiger partial charge in [0.05, 0.1) is 21.4 Å². The molecule has 0 heterocycles. The minimum absolute atomic E-state index is 0.287. The van der Waals surface area contributed by atoms with Crippen molar-refractivity contribution in [2.24, 2.45) is 0 Å². The lowest BCUT2D eigenvalue weighted by Crippen LogP contribution is -2.08. The Morgan fingerprint density at radius 1 is 1.07 bits per heavy atom. The Balaban J connectivity index is 2.68. The van der Waals surface area contributed by atoms with E-state index >= 15 is 0 Å². The molecule has 0 amide bonds. The fraction of sp³-hybridized carbons (Fsp3) is 0.292. The Morgan fingerprint density at radius 2 is 1.71 bits per heavy atom. The van der Waals surface area contributed by atoms with Crippen molar-refractivity contribution in [3.63, 3.8) is 0 Å². The molecule has 0 N–H and O–H groups in total. The van der Waals surface area contributed by atoms with Crippen LogP contribution in [0.3, 0.4) is 0 Å². The van der Waals surface area contributed by atoms with Crippen molar-refractivity contribution in [2.45, 2.75) is 50.8 Å². The molecule has 4 heteroatoms. The van der Waals surface area contributed by atoms with Gasteiger partial charge in [0.2, 0.25) is 9.84 Å². The largest absolute Gasteiger partial charge is 0.218 e. The summed E-state index contributed by atoms with van der Waals surface area (Å²) in [7, 11) is -3.70. The van der Waals surface area contributed by atoms with Crippen LogP contribution in [0, 0.1) is 18.3 Å². The normalized spacial score (nSPS) is 12.2. The first-order chi connectivity index (χ1) is 13.4. The van der Waals surface area contributed by atoms with E-state index in [0.29, 0.717) is 28.9 Å². The Labute approximate surface area is 169 Å². The van der Waals surface area contributed by atoms with Crippen LogP contribution in [0.25, 0.3) is 4.91 Å². The van der Waals surface area contributed by atoms with Gasteiger partial charge in [-0.3, -0.25) is 0 Å². The lowest BCUT2D eigenvalue weighted by molar-refractivity contribution is 0.605. The van der Waals surface area contributed by atoms with E-state index in [4.69, 9.17) is 5.26 Å². The molecule has 0 unspecified atom stereocenters. The molecule has 28 heavy (non-hydrogen) atoms. The number of allylic oxidation sites excluding steroid dienone is 2. The summed E-state index contributed by atoms with van der Waals surface area (Å²) in [6.45, 7) is 7.89. The van der Waals surface area contributed by atoms with Crippen LogP contribution in [0.5, 0.6) is 0 Å². The third kappa shape index (κ3) is 5.21. The number of sulfone groups is 1. The minimum Gasteiger partial charge on any atom is -0.218 e. The van der Waals surface area contributed by atoms with Gasteiger partial charge in [-0.25, -0.2) is 8.42 Å². The summed E-state index contributed by atoms with van der Waals surface area (Å²) in [5.41, 5.74) is 3.01. The predicted molar refractivity (Wildman–Crippen MR) is 115 cm³/mol. The van der Waals surface area contributed by atoms with Crippen molar-refractivity contribution in [3.8, 4) is 6.07 Å². The van der Waals surface area contributed by atoms with E-state index < -0.39 is 9.84 Å². The van der Waals surface area contributed by atoms with Crippen molar-refractivity contribution in [2.75, 3.05) is 0 Å². The summed E-state index contributed by atoms with van der Waals surface area (Å²) >= 11 is 0. The zero-order valence-electron chi connectivity index (χ0n) is 16.6. The van der Waals surface area contributed by atoms with Gasteiger partial charge in [-0.15, -0.1) is 6.58 Å². The van der Waals surface area contributed by atoms with Gasteiger partial charge in [0, 0.05) is 0 Å². The van der Waals surface area contributed by atoms with Crippen LogP contribution < -0.4 is 0 Å². The lowest BCUT2D eigenvalue weighted by atomic mass is 10.0. The van der Waals surface area contributed by atoms with Gasteiger partial charge in [-0.05, 0) is 61.6 Å². The zero-order chi connectivity index (χ0) is 20.6. The average molecular weight is 394 g/mol. The number of nitriles is 1. The molecule has 0 saturated carbocycles. The SMILES string of the molecule is C=CC/C(CCCCC)=C(\c1ccc(C#N)cc1)S(=O)(=O)c1ccc(C)cc1. The highest BCUT2D eigenvalue weighted by atomic mass is 32.2. The maximum atomic E-state index is 13.6. The van der Waals surface area contributed by atoms with Gasteiger partial charge in [-0.2, -0.15) is 5.26 Å². The van der Waals surface area contributed by atoms with E-state index in [9.17, 15) is 8.42 Å². The molecule has 3 nitrogen and oxygen atoms in total. The molecule has 0 aromatic heterocycles. The monoisotopic (exact) mass is 393 g/mol. The summed E-state index contributed by atoms with van der Waals surface area (Å²) in [5.74, 6) is 0. The number of nitrogens with zero attached hydrogens (tertiary/aromatic N) is 1. The fourth-order valence-electron chi connectivity index (χ4n) is 3.15. The molecule has 0 aliphatic rings. The van der Waals surface area contributed by atoms with Gasteiger partial charge in [0.25, 0.3) is 0 Å². The van der Waals surface area contributed by atoms with Crippen LogP contribution in [0.2, 0.25) is 0 Å². The quantitative estimate of drug-likeness (QED) is 0.376. The molecule has 0 spiro atoms. The second-order valence-electron chi connectivity index (χ2n) is 6.89. The smallest absolute Gasteiger partial charge is 0.207 e. The van der Waals surface area contributed by atoms with Crippen molar-refractivity contribution >= 4 is 14.7 Å². The topological polar surface area (TPSA) is 57.9 Å². The van der Waals surface area contributed by atoms with Crippen LogP contribution >= 0.6 is 0 Å². The average Bonchev–Trinajstić information content (AvgIpc) is 2.69. The molecule has 146 valence electrons. The fourth-order valence-corrected chi connectivity index (χ4v) is 4.89. The zero-order valence-corrected chi connectivity index (χ0v) is 17.4. The van der Waals surface area contributed by atoms with E-state index in [1.54, 1.807) is 42.5 Å². The van der Waals surface area contributed by atoms with Crippen LogP contribution in [-0.2, 0) is 9.84 Å². The molecule has 0 saturated heterocycles. The number of rotatable bonds is 9. The maximum absolute atomic E-state index is 13.6. The molecule has 2 aromatic rings. The maximum Gasteiger partial charge on any atom is 0.207 e. The van der Waals surface area contributed by atoms with Crippen LogP contribution in [0.4, 0.5) is 0 Å². The Morgan fingerprint density at radius 3 is 2.25 bits per heavy atom. The van der Waals surface area contributed by atoms with Crippen molar-refractivity contribution in [1.82, 2.24) is 0 Å². The molecule has 0 radical (unpaired) electrons. The van der Waals surface area contributed by atoms with E-state index in [1.807, 2.05) is 19.1 Å². The first-order valence-electron chi connectivity index (χ1n) is 9.59. The van der Waals surface area contributed by atoms with Gasteiger partial charge in [0.15, 0.2) is 0 Å². The number of aryl methyl sites for hydroxylation is 1. The number of hydrogen-bond acceptors (Lipinski definition) is 3. The Kier molecular flexibility index (Phi) is 7.78. The summed E-state index contributed by atoms with van der Waals surface area (Å²) in [4.78, 5) is 0.631. The molecular formula is C24H27NO2S. The molecule has 2 aromatic carbocycles. The van der Waals surface area contributed by atoms with E-state index in [0.717, 1.165) is 30.4 Å². The first kappa shape index (κ1) is 21.7. The predicted octanol–water partition coefficient (Wildman–Crippen LogP) is 6.21. The third-order valence-corrected chi connectivity index (χ3v) is 6.62. The molecule has 0 bridgehead atoms. The molecule has 0 aliphatic heterocycles. The second-order valence-corrected chi connectivity index (χ2v) is 8.77. The van der Waals surface area contributed by atoms with Crippen molar-refractivity contribution in [3.05, 3.63) is 83.4 Å². The Hall–Kier alpha value is -2.64. The summed E-state index contributed by atoms with van der Waals surface area (Å²) in [6, 6.07) is 15.8. The summed E-state index contributed by atoms with van der Waals surface area (Å²) in [6.07, 6.45) is 6.03. The van der Waals surface area contributed by atoms with Gasteiger partial charge < -0.3 is 0 Å². The molecule has 0 atom stereocenters. The number of hydrogen-bond donors (Lipinski definition) is 0.